The van der Waals surface area contributed by atoms with E-state index in [1.54, 1.807) is 35.8 Å². The lowest BCUT2D eigenvalue weighted by atomic mass is 10.2. The Labute approximate surface area is 152 Å². The fraction of sp³-hybridized carbons (Fsp3) is 0.188. The monoisotopic (exact) mass is 398 g/mol. The fourth-order valence-corrected chi connectivity index (χ4v) is 3.27. The molecule has 0 unspecified atom stereocenters. The Balaban J connectivity index is 2.20. The highest BCUT2D eigenvalue weighted by atomic mass is 32.2. The number of nitriles is 1. The maximum absolute atomic E-state index is 12.4. The molecule has 0 atom stereocenters. The summed E-state index contributed by atoms with van der Waals surface area (Å²) in [5.41, 5.74) is -0.0429. The van der Waals surface area contributed by atoms with E-state index in [0.717, 1.165) is 18.2 Å². The highest BCUT2D eigenvalue weighted by Crippen LogP contribution is 2.23. The lowest BCUT2D eigenvalue weighted by Gasteiger charge is -2.12. The van der Waals surface area contributed by atoms with E-state index in [-0.39, 0.29) is 18.5 Å². The van der Waals surface area contributed by atoms with Gasteiger partial charge in [0, 0.05) is 30.5 Å². The number of carbonyl (C=O) groups excluding carboxylic acids is 1. The Kier molecular flexibility index (Phi) is 6.14. The average Bonchev–Trinajstić information content (AvgIpc) is 2.61. The lowest BCUT2D eigenvalue weighted by molar-refractivity contribution is -0.167. The first-order valence-electron chi connectivity index (χ1n) is 7.45. The van der Waals surface area contributed by atoms with Gasteiger partial charge in [-0.25, -0.2) is 13.1 Å². The van der Waals surface area contributed by atoms with Crippen LogP contribution in [0.25, 0.3) is 0 Å². The molecule has 142 valence electrons. The van der Waals surface area contributed by atoms with Crippen molar-refractivity contribution >= 4 is 21.6 Å². The number of hydrogen-bond donors (Lipinski definition) is 2. The molecule has 1 amide bonds. The van der Waals surface area contributed by atoms with E-state index in [1.165, 1.54) is 0 Å². The molecule has 0 aliphatic heterocycles. The van der Waals surface area contributed by atoms with E-state index in [9.17, 15) is 26.4 Å². The van der Waals surface area contributed by atoms with Crippen molar-refractivity contribution in [3.05, 3.63) is 53.9 Å². The summed E-state index contributed by atoms with van der Waals surface area (Å²) in [5.74, 6) is -2.25. The predicted octanol–water partition coefficient (Wildman–Crippen LogP) is 1.98. The van der Waals surface area contributed by atoms with Gasteiger partial charge in [-0.1, -0.05) is 6.07 Å². The number of nitrogens with one attached hydrogen (secondary N) is 2. The number of halogens is 3. The molecule has 0 radical (unpaired) electrons. The molecule has 0 aliphatic rings. The minimum Gasteiger partial charge on any atom is -0.318 e. The Hall–Kier alpha value is -2.97. The fourth-order valence-electron chi connectivity index (χ4n) is 2.05. The number of amides is 1. The van der Waals surface area contributed by atoms with Crippen LogP contribution in [0, 0.1) is 11.3 Å². The summed E-state index contributed by atoms with van der Waals surface area (Å²) in [6, 6.07) is 9.61. The van der Waals surface area contributed by atoms with Crippen molar-refractivity contribution in [2.75, 3.05) is 11.9 Å². The molecular formula is C16H13F3N4O3S. The van der Waals surface area contributed by atoms with Crippen molar-refractivity contribution in [2.45, 2.75) is 17.5 Å². The smallest absolute Gasteiger partial charge is 0.318 e. The van der Waals surface area contributed by atoms with Gasteiger partial charge < -0.3 is 5.32 Å². The highest BCUT2D eigenvalue weighted by molar-refractivity contribution is 7.89. The summed E-state index contributed by atoms with van der Waals surface area (Å²) < 4.78 is 64.1. The molecule has 0 bridgehead atoms. The third-order valence-corrected chi connectivity index (χ3v) is 4.81. The first-order chi connectivity index (χ1) is 12.6. The lowest BCUT2D eigenvalue weighted by Crippen LogP contribution is -2.30. The van der Waals surface area contributed by atoms with Gasteiger partial charge in [-0.15, -0.1) is 0 Å². The molecule has 1 heterocycles. The van der Waals surface area contributed by atoms with Gasteiger partial charge in [0.2, 0.25) is 10.0 Å². The zero-order valence-electron chi connectivity index (χ0n) is 13.6. The summed E-state index contributed by atoms with van der Waals surface area (Å²) in [4.78, 5) is 14.5. The van der Waals surface area contributed by atoms with Crippen molar-refractivity contribution in [1.29, 1.82) is 5.26 Å². The van der Waals surface area contributed by atoms with Crippen LogP contribution in [0.1, 0.15) is 11.3 Å². The summed E-state index contributed by atoms with van der Waals surface area (Å²) in [5, 5.41) is 10.6. The van der Waals surface area contributed by atoms with Crippen LogP contribution in [0.5, 0.6) is 0 Å². The van der Waals surface area contributed by atoms with Crippen LogP contribution in [0.3, 0.4) is 0 Å². The molecule has 0 saturated carbocycles. The molecule has 2 N–H and O–H groups in total. The third-order valence-electron chi connectivity index (χ3n) is 3.31. The summed E-state index contributed by atoms with van der Waals surface area (Å²) in [6.45, 7) is -0.0383. The van der Waals surface area contributed by atoms with Crippen LogP contribution in [0.2, 0.25) is 0 Å². The van der Waals surface area contributed by atoms with E-state index >= 15 is 0 Å². The van der Waals surface area contributed by atoms with E-state index in [0.29, 0.717) is 5.69 Å². The Morgan fingerprint density at radius 1 is 1.22 bits per heavy atom. The van der Waals surface area contributed by atoms with Crippen molar-refractivity contribution in [3.63, 3.8) is 0 Å². The van der Waals surface area contributed by atoms with Gasteiger partial charge in [0.1, 0.15) is 11.0 Å². The number of rotatable bonds is 6. The SMILES string of the molecule is N#Cc1ccc(NC(=O)C(F)(F)F)cc1S(=O)(=O)NCCc1ccccn1. The molecule has 11 heteroatoms. The molecule has 1 aromatic carbocycles. The number of pyridine rings is 1. The van der Waals surface area contributed by atoms with Gasteiger partial charge in [-0.05, 0) is 30.3 Å². The quantitative estimate of drug-likeness (QED) is 0.773. The zero-order valence-corrected chi connectivity index (χ0v) is 14.4. The number of aromatic nitrogens is 1. The van der Waals surface area contributed by atoms with Crippen LogP contribution in [0.4, 0.5) is 18.9 Å². The average molecular weight is 398 g/mol. The largest absolute Gasteiger partial charge is 0.471 e. The second-order valence-electron chi connectivity index (χ2n) is 5.24. The summed E-state index contributed by atoms with van der Waals surface area (Å²) >= 11 is 0. The van der Waals surface area contributed by atoms with Crippen LogP contribution in [0.15, 0.2) is 47.5 Å². The normalized spacial score (nSPS) is 11.6. The molecule has 0 saturated heterocycles. The van der Waals surface area contributed by atoms with Crippen molar-refractivity contribution < 1.29 is 26.4 Å². The minimum absolute atomic E-state index is 0.0383. The number of benzene rings is 1. The van der Waals surface area contributed by atoms with E-state index < -0.39 is 32.7 Å². The maximum Gasteiger partial charge on any atom is 0.471 e. The molecule has 2 aromatic rings. The molecule has 7 nitrogen and oxygen atoms in total. The first kappa shape index (κ1) is 20.3. The molecule has 2 rings (SSSR count). The van der Waals surface area contributed by atoms with Crippen LogP contribution in [-0.2, 0) is 21.2 Å². The molecule has 0 fully saturated rings. The summed E-state index contributed by atoms with van der Waals surface area (Å²) in [7, 11) is -4.20. The molecule has 27 heavy (non-hydrogen) atoms. The predicted molar refractivity (Wildman–Crippen MR) is 89.0 cm³/mol. The van der Waals surface area contributed by atoms with Gasteiger partial charge in [0.15, 0.2) is 0 Å². The first-order valence-corrected chi connectivity index (χ1v) is 8.94. The zero-order chi connectivity index (χ0) is 20.1. The van der Waals surface area contributed by atoms with Gasteiger partial charge >= 0.3 is 12.1 Å². The van der Waals surface area contributed by atoms with Gasteiger partial charge in [0.25, 0.3) is 0 Å². The van der Waals surface area contributed by atoms with Gasteiger partial charge in [0.05, 0.1) is 5.56 Å². The maximum atomic E-state index is 12.4. The van der Waals surface area contributed by atoms with Crippen molar-refractivity contribution in [2.24, 2.45) is 0 Å². The number of alkyl halides is 3. The standard InChI is InChI=1S/C16H13F3N4O3S/c17-16(18,19)15(24)23-13-5-4-11(10-20)14(9-13)27(25,26)22-8-6-12-3-1-2-7-21-12/h1-5,7,9,22H,6,8H2,(H,23,24). The number of hydrogen-bond acceptors (Lipinski definition) is 5. The highest BCUT2D eigenvalue weighted by Gasteiger charge is 2.38. The molecular weight excluding hydrogens is 385 g/mol. The second kappa shape index (κ2) is 8.15. The topological polar surface area (TPSA) is 112 Å². The van der Waals surface area contributed by atoms with E-state index in [1.807, 2.05) is 0 Å². The molecule has 1 aromatic heterocycles. The molecule has 0 spiro atoms. The Bertz CT molecular complexity index is 971. The number of carbonyl (C=O) groups is 1. The molecule has 0 aliphatic carbocycles. The van der Waals surface area contributed by atoms with E-state index in [2.05, 4.69) is 9.71 Å². The van der Waals surface area contributed by atoms with Crippen LogP contribution >= 0.6 is 0 Å². The van der Waals surface area contributed by atoms with Crippen molar-refractivity contribution in [3.8, 4) is 6.07 Å². The Morgan fingerprint density at radius 2 is 1.96 bits per heavy atom. The van der Waals surface area contributed by atoms with E-state index in [4.69, 9.17) is 5.26 Å². The number of nitrogens with zero attached hydrogens (tertiary/aromatic N) is 2. The van der Waals surface area contributed by atoms with Crippen LogP contribution < -0.4 is 10.0 Å². The second-order valence-corrected chi connectivity index (χ2v) is 6.98. The van der Waals surface area contributed by atoms with Crippen LogP contribution in [-0.4, -0.2) is 32.0 Å². The number of anilines is 1. The van der Waals surface area contributed by atoms with Gasteiger partial charge in [-0.2, -0.15) is 18.4 Å². The third kappa shape index (κ3) is 5.50. The van der Waals surface area contributed by atoms with Gasteiger partial charge in [-0.3, -0.25) is 9.78 Å². The van der Waals surface area contributed by atoms with Crippen molar-refractivity contribution in [1.82, 2.24) is 9.71 Å². The summed E-state index contributed by atoms with van der Waals surface area (Å²) in [6.07, 6.45) is -3.31. The minimum atomic E-state index is -5.13. The number of sulfonamides is 1. The Morgan fingerprint density at radius 3 is 2.56 bits per heavy atom.